The van der Waals surface area contributed by atoms with E-state index in [1.54, 1.807) is 59.7 Å². The molecule has 0 spiro atoms. The zero-order valence-corrected chi connectivity index (χ0v) is 44.6. The number of pyridine rings is 1. The quantitative estimate of drug-likeness (QED) is 0.0326. The topological polar surface area (TPSA) is 272 Å². The number of hydrogen-bond acceptors (Lipinski definition) is 16. The number of aliphatic hydroxyl groups is 1. The first-order valence-corrected chi connectivity index (χ1v) is 26.1. The van der Waals surface area contributed by atoms with Gasteiger partial charge in [-0.1, -0.05) is 76.8 Å². The summed E-state index contributed by atoms with van der Waals surface area (Å²) in [5.74, 6) is -1.14. The molecule has 21 nitrogen and oxygen atoms in total. The molecule has 0 aliphatic carbocycles. The molecule has 5 amide bonds. The van der Waals surface area contributed by atoms with Crippen LogP contribution in [-0.2, 0) is 21.4 Å². The van der Waals surface area contributed by atoms with E-state index in [-0.39, 0.29) is 60.3 Å². The minimum atomic E-state index is -2.79. The van der Waals surface area contributed by atoms with Gasteiger partial charge in [0.25, 0.3) is 11.8 Å². The van der Waals surface area contributed by atoms with Gasteiger partial charge in [0.05, 0.1) is 57.8 Å². The lowest BCUT2D eigenvalue weighted by Gasteiger charge is -2.35. The number of carbonyl (C=O) groups is 5. The molecule has 402 valence electrons. The first-order valence-electron chi connectivity index (χ1n) is 26.7. The van der Waals surface area contributed by atoms with Crippen LogP contribution in [0.25, 0.3) is 21.8 Å². The van der Waals surface area contributed by atoms with Gasteiger partial charge in [0.2, 0.25) is 17.7 Å². The third kappa shape index (κ3) is 14.3. The van der Waals surface area contributed by atoms with Crippen molar-refractivity contribution in [3.05, 3.63) is 101 Å². The van der Waals surface area contributed by atoms with Crippen LogP contribution in [0.3, 0.4) is 0 Å². The third-order valence-corrected chi connectivity index (χ3v) is 13.9. The normalized spacial score (nSPS) is 15.8. The molecule has 4 atom stereocenters. The standard InChI is InChI=1S/C54H68N14O7S/c1-32(34-19-21-35(22-20-34)47-33(2)59-31-76-47)60-51(72)41-26-37(69)29-68(41)53(74)48(54(3,4)5)63-44(70)18-13-11-9-10-12-14-25-56-50(71)36-23-24-42(57-28-36)62-43-27-40(45(65-64-43)52(73)55-6)61-39-17-15-16-38(46(39)75-8)49-58-30-67(7)66-49/h15-17,19-24,27-28,30-32,37,41,48,69H,9-14,18,25-26,29H2,1-8H3,(H,55,73)(H,56,71)(H,60,72)(H,63,70)(H2,57,61,62,64)/t32-,37+,41-,48+/m0/s1/i6D3. The number of benzene rings is 2. The second-order valence-corrected chi connectivity index (χ2v) is 20.6. The maximum Gasteiger partial charge on any atom is 0.273 e. The van der Waals surface area contributed by atoms with Crippen molar-refractivity contribution >= 4 is 63.9 Å². The van der Waals surface area contributed by atoms with Crippen molar-refractivity contribution in [2.75, 3.05) is 37.8 Å². The molecule has 0 unspecified atom stereocenters. The molecule has 0 bridgehead atoms. The average Bonchev–Trinajstić information content (AvgIpc) is 4.20. The van der Waals surface area contributed by atoms with Crippen molar-refractivity contribution < 1.29 is 37.9 Å². The Morgan fingerprint density at radius 2 is 1.66 bits per heavy atom. The van der Waals surface area contributed by atoms with E-state index in [9.17, 15) is 29.1 Å². The second kappa shape index (κ2) is 25.6. The van der Waals surface area contributed by atoms with Gasteiger partial charge < -0.3 is 46.6 Å². The first kappa shape index (κ1) is 51.6. The fourth-order valence-corrected chi connectivity index (χ4v) is 9.63. The number of rotatable bonds is 23. The van der Waals surface area contributed by atoms with E-state index in [1.165, 1.54) is 24.3 Å². The van der Waals surface area contributed by atoms with Crippen molar-refractivity contribution in [2.45, 2.75) is 110 Å². The van der Waals surface area contributed by atoms with Crippen LogP contribution in [0.2, 0.25) is 0 Å². The molecular formula is C54H68N14O7S. The van der Waals surface area contributed by atoms with E-state index in [4.69, 9.17) is 8.85 Å². The summed E-state index contributed by atoms with van der Waals surface area (Å²) in [4.78, 5) is 82.7. The van der Waals surface area contributed by atoms with Gasteiger partial charge in [-0.25, -0.2) is 15.0 Å². The van der Waals surface area contributed by atoms with Crippen molar-refractivity contribution in [2.24, 2.45) is 12.5 Å². The van der Waals surface area contributed by atoms with Crippen LogP contribution in [0.1, 0.15) is 121 Å². The Morgan fingerprint density at radius 3 is 2.33 bits per heavy atom. The number of methoxy groups -OCH3 is 1. The highest BCUT2D eigenvalue weighted by molar-refractivity contribution is 7.13. The van der Waals surface area contributed by atoms with E-state index >= 15 is 0 Å². The molecule has 7 rings (SSSR count). The molecule has 6 aromatic rings. The number of aliphatic hydroxyl groups excluding tert-OH is 1. The van der Waals surface area contributed by atoms with Crippen LogP contribution in [-0.4, -0.2) is 120 Å². The number of anilines is 4. The van der Waals surface area contributed by atoms with E-state index in [0.29, 0.717) is 47.2 Å². The summed E-state index contributed by atoms with van der Waals surface area (Å²) in [5.41, 5.74) is 5.09. The predicted molar refractivity (Wildman–Crippen MR) is 290 cm³/mol. The number of β-amino-alcohol motifs (C(OH)–C–C–N with tert-alkyl or cyclic N) is 1. The van der Waals surface area contributed by atoms with E-state index in [1.807, 2.05) is 69.7 Å². The number of likely N-dealkylation sites (tertiary alicyclic amines) is 1. The van der Waals surface area contributed by atoms with Crippen molar-refractivity contribution in [3.63, 3.8) is 0 Å². The molecule has 22 heteroatoms. The molecule has 4 aromatic heterocycles. The van der Waals surface area contributed by atoms with Gasteiger partial charge in [-0.15, -0.1) is 21.5 Å². The Kier molecular flexibility index (Phi) is 17.4. The lowest BCUT2D eigenvalue weighted by Crippen LogP contribution is -2.57. The fraction of sp³-hybridized carbons (Fsp3) is 0.426. The average molecular weight is 1060 g/mol. The Bertz CT molecular complexity index is 3090. The highest BCUT2D eigenvalue weighted by Gasteiger charge is 2.44. The van der Waals surface area contributed by atoms with Gasteiger partial charge in [0.1, 0.15) is 24.2 Å². The number of ether oxygens (including phenoxy) is 1. The number of nitrogens with one attached hydrogen (secondary N) is 6. The summed E-state index contributed by atoms with van der Waals surface area (Å²) >= 11 is 1.57. The molecule has 5 heterocycles. The van der Waals surface area contributed by atoms with Gasteiger partial charge in [-0.2, -0.15) is 5.10 Å². The zero-order valence-electron chi connectivity index (χ0n) is 46.8. The Morgan fingerprint density at radius 1 is 0.895 bits per heavy atom. The van der Waals surface area contributed by atoms with Gasteiger partial charge in [-0.05, 0) is 67.5 Å². The lowest BCUT2D eigenvalue weighted by atomic mass is 9.85. The molecule has 1 fully saturated rings. The number of aromatic nitrogens is 7. The summed E-state index contributed by atoms with van der Waals surface area (Å²) in [6, 6.07) is 15.6. The number of aryl methyl sites for hydroxylation is 2. The number of thiazole rings is 1. The SMILES string of the molecule is [2H]C([2H])([2H])NC(=O)c1nnc(Nc2ccc(C(=O)NCCCCCCCCC(=O)N[C@H](C(=O)N3C[C@H](O)C[C@H]3C(=O)N[C@@H](C)c3ccc(-c4scnc4C)cc3)C(C)(C)C)cn2)cc1Nc1cccc(-c2ncn(C)n2)c1OC. The molecule has 1 aliphatic heterocycles. The van der Waals surface area contributed by atoms with Crippen LogP contribution < -0.4 is 36.6 Å². The lowest BCUT2D eigenvalue weighted by molar-refractivity contribution is -0.144. The van der Waals surface area contributed by atoms with E-state index in [2.05, 4.69) is 56.8 Å². The fourth-order valence-electron chi connectivity index (χ4n) is 8.82. The highest BCUT2D eigenvalue weighted by Crippen LogP contribution is 2.37. The van der Waals surface area contributed by atoms with Crippen molar-refractivity contribution in [1.29, 1.82) is 0 Å². The van der Waals surface area contributed by atoms with E-state index < -0.39 is 42.4 Å². The van der Waals surface area contributed by atoms with Crippen LogP contribution in [0.15, 0.2) is 78.7 Å². The first-order chi connectivity index (χ1) is 37.6. The second-order valence-electron chi connectivity index (χ2n) is 19.8. The van der Waals surface area contributed by atoms with Crippen molar-refractivity contribution in [1.82, 2.24) is 61.1 Å². The minimum Gasteiger partial charge on any atom is -0.494 e. The molecule has 7 N–H and O–H groups in total. The van der Waals surface area contributed by atoms with Gasteiger partial charge in [0, 0.05) is 56.3 Å². The smallest absolute Gasteiger partial charge is 0.273 e. The van der Waals surface area contributed by atoms with Crippen LogP contribution >= 0.6 is 11.3 Å². The monoisotopic (exact) mass is 1060 g/mol. The van der Waals surface area contributed by atoms with Crippen LogP contribution in [0.5, 0.6) is 5.75 Å². The maximum atomic E-state index is 14.1. The number of amides is 5. The number of hydrogen-bond donors (Lipinski definition) is 7. The summed E-state index contributed by atoms with van der Waals surface area (Å²) in [6.07, 6.45) is 7.18. The third-order valence-electron chi connectivity index (χ3n) is 12.9. The molecule has 0 radical (unpaired) electrons. The van der Waals surface area contributed by atoms with Gasteiger partial charge >= 0.3 is 0 Å². The molecule has 0 saturated carbocycles. The Hall–Kier alpha value is -7.85. The molecular weight excluding hydrogens is 989 g/mol. The van der Waals surface area contributed by atoms with E-state index in [0.717, 1.165) is 53.8 Å². The van der Waals surface area contributed by atoms with Crippen LogP contribution in [0, 0.1) is 12.3 Å². The Balaban J connectivity index is 0.829. The molecule has 1 aliphatic rings. The van der Waals surface area contributed by atoms with Crippen LogP contribution in [0.4, 0.5) is 23.0 Å². The number of unbranched alkanes of at least 4 members (excludes halogenated alkanes) is 5. The van der Waals surface area contributed by atoms with Gasteiger partial charge in [-0.3, -0.25) is 28.7 Å². The number of nitrogens with zero attached hydrogens (tertiary/aromatic N) is 8. The Labute approximate surface area is 450 Å². The summed E-state index contributed by atoms with van der Waals surface area (Å²) < 4.78 is 29.9. The highest BCUT2D eigenvalue weighted by atomic mass is 32.1. The number of carbonyl (C=O) groups excluding carboxylic acids is 5. The predicted octanol–water partition coefficient (Wildman–Crippen LogP) is 6.79. The van der Waals surface area contributed by atoms with Crippen molar-refractivity contribution in [3.8, 4) is 27.6 Å². The maximum absolute atomic E-state index is 14.1. The number of para-hydroxylation sites is 1. The summed E-state index contributed by atoms with van der Waals surface area (Å²) in [5, 5.41) is 40.1. The molecule has 1 saturated heterocycles. The summed E-state index contributed by atoms with van der Waals surface area (Å²) in [6.45, 7) is 7.06. The largest absolute Gasteiger partial charge is 0.494 e. The zero-order chi connectivity index (χ0) is 57.0. The molecule has 2 aromatic carbocycles. The van der Waals surface area contributed by atoms with Gasteiger partial charge in [0.15, 0.2) is 23.1 Å². The summed E-state index contributed by atoms with van der Waals surface area (Å²) in [7, 11) is 3.20. The molecule has 76 heavy (non-hydrogen) atoms. The minimum absolute atomic E-state index is 0.0109.